The molecule has 4 heteroatoms. The largest absolute Gasteiger partial charge is 0.359 e. The third kappa shape index (κ3) is 3.88. The molecule has 0 radical (unpaired) electrons. The molecule has 0 bridgehead atoms. The van der Waals surface area contributed by atoms with E-state index in [0.717, 1.165) is 43.2 Å². The van der Waals surface area contributed by atoms with Crippen LogP contribution in [-0.2, 0) is 0 Å². The summed E-state index contributed by atoms with van der Waals surface area (Å²) in [7, 11) is 0. The van der Waals surface area contributed by atoms with Gasteiger partial charge in [0.2, 0.25) is 0 Å². The maximum Gasteiger partial charge on any atom is 0.169 e. The molecule has 0 aromatic heterocycles. The van der Waals surface area contributed by atoms with Crippen LogP contribution in [0, 0.1) is 17.2 Å². The van der Waals surface area contributed by atoms with E-state index in [1.54, 1.807) is 0 Å². The van der Waals surface area contributed by atoms with Gasteiger partial charge in [0.15, 0.2) is 5.11 Å². The Morgan fingerprint density at radius 2 is 2.20 bits per heavy atom. The van der Waals surface area contributed by atoms with Crippen molar-refractivity contribution >= 4 is 17.3 Å². The highest BCUT2D eigenvalue weighted by Crippen LogP contribution is 2.15. The van der Waals surface area contributed by atoms with Crippen LogP contribution in [0.4, 0.5) is 0 Å². The Hall–Kier alpha value is -1.08. The highest BCUT2D eigenvalue weighted by atomic mass is 32.1. The van der Waals surface area contributed by atoms with Crippen molar-refractivity contribution in [1.82, 2.24) is 10.2 Å². The summed E-state index contributed by atoms with van der Waals surface area (Å²) in [5.74, 6) is 0.213. The first-order chi connectivity index (χ1) is 7.13. The molecule has 1 heterocycles. The third-order valence-electron chi connectivity index (χ3n) is 2.51. The number of hydrogen-bond donors (Lipinski definition) is 1. The molecular formula is C11H17N3S. The van der Waals surface area contributed by atoms with E-state index in [-0.39, 0.29) is 5.92 Å². The van der Waals surface area contributed by atoms with Gasteiger partial charge in [-0.3, -0.25) is 0 Å². The lowest BCUT2D eigenvalue weighted by molar-refractivity contribution is 0.300. The van der Waals surface area contributed by atoms with Crippen LogP contribution in [0.3, 0.4) is 0 Å². The summed E-state index contributed by atoms with van der Waals surface area (Å²) in [5.41, 5.74) is 1.07. The lowest BCUT2D eigenvalue weighted by atomic mass is 9.99. The van der Waals surface area contributed by atoms with Crippen molar-refractivity contribution in [3.8, 4) is 6.07 Å². The zero-order valence-electron chi connectivity index (χ0n) is 9.12. The average Bonchev–Trinajstić information content (AvgIpc) is 2.26. The van der Waals surface area contributed by atoms with Crippen LogP contribution in [-0.4, -0.2) is 29.6 Å². The molecule has 1 N–H and O–H groups in total. The standard InChI is InChI=1S/C11H17N3S/c1-9(2)8-13-11(15)14-5-3-10(7-12)4-6-14/h10H,1,3-6,8H2,2H3,(H,13,15). The molecule has 0 aromatic rings. The summed E-state index contributed by atoms with van der Waals surface area (Å²) in [4.78, 5) is 2.13. The van der Waals surface area contributed by atoms with Gasteiger partial charge in [-0.05, 0) is 32.0 Å². The fourth-order valence-corrected chi connectivity index (χ4v) is 1.80. The Morgan fingerprint density at radius 1 is 1.60 bits per heavy atom. The first kappa shape index (κ1) is 12.0. The highest BCUT2D eigenvalue weighted by molar-refractivity contribution is 7.80. The number of nitrogens with zero attached hydrogens (tertiary/aromatic N) is 2. The van der Waals surface area contributed by atoms with Gasteiger partial charge in [-0.25, -0.2) is 0 Å². The minimum Gasteiger partial charge on any atom is -0.359 e. The quantitative estimate of drug-likeness (QED) is 0.571. The van der Waals surface area contributed by atoms with Gasteiger partial charge in [0.1, 0.15) is 0 Å². The maximum absolute atomic E-state index is 8.76. The van der Waals surface area contributed by atoms with Crippen molar-refractivity contribution in [2.75, 3.05) is 19.6 Å². The van der Waals surface area contributed by atoms with E-state index in [9.17, 15) is 0 Å². The molecule has 0 amide bonds. The maximum atomic E-state index is 8.76. The molecule has 3 nitrogen and oxygen atoms in total. The average molecular weight is 223 g/mol. The lowest BCUT2D eigenvalue weighted by Crippen LogP contribution is -2.44. The second-order valence-electron chi connectivity index (χ2n) is 4.01. The molecule has 0 aliphatic carbocycles. The second-order valence-corrected chi connectivity index (χ2v) is 4.39. The van der Waals surface area contributed by atoms with Crippen LogP contribution >= 0.6 is 12.2 Å². The van der Waals surface area contributed by atoms with Crippen molar-refractivity contribution in [3.63, 3.8) is 0 Å². The second kappa shape index (κ2) is 5.72. The zero-order valence-corrected chi connectivity index (χ0v) is 9.94. The molecule has 0 saturated carbocycles. The van der Waals surface area contributed by atoms with Crippen molar-refractivity contribution in [1.29, 1.82) is 5.26 Å². The molecule has 0 aromatic carbocycles. The van der Waals surface area contributed by atoms with Gasteiger partial charge in [-0.1, -0.05) is 12.2 Å². The number of nitriles is 1. The predicted octanol–water partition coefficient (Wildman–Crippen LogP) is 1.67. The summed E-state index contributed by atoms with van der Waals surface area (Å²) < 4.78 is 0. The molecule has 15 heavy (non-hydrogen) atoms. The number of hydrogen-bond acceptors (Lipinski definition) is 2. The summed E-state index contributed by atoms with van der Waals surface area (Å²) in [6.45, 7) is 8.30. The van der Waals surface area contributed by atoms with Crippen LogP contribution in [0.25, 0.3) is 0 Å². The van der Waals surface area contributed by atoms with Gasteiger partial charge in [0, 0.05) is 25.6 Å². The summed E-state index contributed by atoms with van der Waals surface area (Å²) in [6, 6.07) is 2.31. The third-order valence-corrected chi connectivity index (χ3v) is 2.91. The lowest BCUT2D eigenvalue weighted by Gasteiger charge is -2.31. The fraction of sp³-hybridized carbons (Fsp3) is 0.636. The SMILES string of the molecule is C=C(C)CNC(=S)N1CCC(C#N)CC1. The molecule has 82 valence electrons. The highest BCUT2D eigenvalue weighted by Gasteiger charge is 2.19. The van der Waals surface area contributed by atoms with Gasteiger partial charge in [-0.2, -0.15) is 5.26 Å². The van der Waals surface area contributed by atoms with Crippen LogP contribution in [0.2, 0.25) is 0 Å². The Balaban J connectivity index is 2.30. The van der Waals surface area contributed by atoms with E-state index >= 15 is 0 Å². The topological polar surface area (TPSA) is 39.1 Å². The van der Waals surface area contributed by atoms with E-state index in [0.29, 0.717) is 0 Å². The molecule has 1 rings (SSSR count). The minimum atomic E-state index is 0.213. The van der Waals surface area contributed by atoms with Crippen molar-refractivity contribution in [3.05, 3.63) is 12.2 Å². The Kier molecular flexibility index (Phi) is 4.57. The zero-order chi connectivity index (χ0) is 11.3. The summed E-state index contributed by atoms with van der Waals surface area (Å²) in [5, 5.41) is 12.7. The van der Waals surface area contributed by atoms with Crippen LogP contribution in [0.5, 0.6) is 0 Å². The van der Waals surface area contributed by atoms with Crippen LogP contribution in [0.1, 0.15) is 19.8 Å². The monoisotopic (exact) mass is 223 g/mol. The Bertz CT molecular complexity index is 285. The van der Waals surface area contributed by atoms with Gasteiger partial charge < -0.3 is 10.2 Å². The number of thiocarbonyl (C=S) groups is 1. The van der Waals surface area contributed by atoms with Gasteiger partial charge >= 0.3 is 0 Å². The smallest absolute Gasteiger partial charge is 0.169 e. The minimum absolute atomic E-state index is 0.213. The number of likely N-dealkylation sites (tertiary alicyclic amines) is 1. The Labute approximate surface area is 96.8 Å². The van der Waals surface area contributed by atoms with Crippen molar-refractivity contribution in [2.45, 2.75) is 19.8 Å². The van der Waals surface area contributed by atoms with Gasteiger partial charge in [-0.15, -0.1) is 0 Å². The number of nitrogens with one attached hydrogen (secondary N) is 1. The summed E-state index contributed by atoms with van der Waals surface area (Å²) in [6.07, 6.45) is 1.84. The van der Waals surface area contributed by atoms with E-state index in [1.807, 2.05) is 6.92 Å². The van der Waals surface area contributed by atoms with E-state index < -0.39 is 0 Å². The van der Waals surface area contributed by atoms with Gasteiger partial charge in [0.25, 0.3) is 0 Å². The summed E-state index contributed by atoms with van der Waals surface area (Å²) >= 11 is 5.26. The van der Waals surface area contributed by atoms with Crippen molar-refractivity contribution < 1.29 is 0 Å². The predicted molar refractivity (Wildman–Crippen MR) is 65.3 cm³/mol. The van der Waals surface area contributed by atoms with Gasteiger partial charge in [0.05, 0.1) is 6.07 Å². The first-order valence-corrected chi connectivity index (χ1v) is 5.61. The molecule has 1 aliphatic rings. The molecule has 1 saturated heterocycles. The fourth-order valence-electron chi connectivity index (χ4n) is 1.55. The number of piperidine rings is 1. The first-order valence-electron chi connectivity index (χ1n) is 5.20. The molecule has 0 atom stereocenters. The Morgan fingerprint density at radius 3 is 2.67 bits per heavy atom. The van der Waals surface area contributed by atoms with E-state index in [4.69, 9.17) is 17.5 Å². The van der Waals surface area contributed by atoms with Crippen LogP contribution < -0.4 is 5.32 Å². The molecule has 1 fully saturated rings. The number of rotatable bonds is 2. The molecule has 0 unspecified atom stereocenters. The normalized spacial score (nSPS) is 16.9. The van der Waals surface area contributed by atoms with Crippen molar-refractivity contribution in [2.24, 2.45) is 5.92 Å². The van der Waals surface area contributed by atoms with E-state index in [2.05, 4.69) is 22.9 Å². The van der Waals surface area contributed by atoms with Crippen LogP contribution in [0.15, 0.2) is 12.2 Å². The molecular weight excluding hydrogens is 206 g/mol. The van der Waals surface area contributed by atoms with E-state index in [1.165, 1.54) is 0 Å². The molecule has 0 spiro atoms. The molecule has 1 aliphatic heterocycles.